The molecule has 7 nitrogen and oxygen atoms in total. The van der Waals surface area contributed by atoms with Crippen LogP contribution in [0, 0.1) is 5.92 Å². The van der Waals surface area contributed by atoms with E-state index in [0.717, 1.165) is 31.2 Å². The second kappa shape index (κ2) is 9.36. The third kappa shape index (κ3) is 5.25. The van der Waals surface area contributed by atoms with Crippen LogP contribution in [0.15, 0.2) is 47.5 Å². The summed E-state index contributed by atoms with van der Waals surface area (Å²) in [5.41, 5.74) is 0.768. The molecule has 1 atom stereocenters. The van der Waals surface area contributed by atoms with Crippen LogP contribution in [0.3, 0.4) is 0 Å². The van der Waals surface area contributed by atoms with Crippen LogP contribution in [-0.2, 0) is 14.8 Å². The highest BCUT2D eigenvalue weighted by molar-refractivity contribution is 7.89. The molecule has 2 aliphatic rings. The zero-order chi connectivity index (χ0) is 21.8. The zero-order valence-electron chi connectivity index (χ0n) is 17.9. The fraction of sp³-hybridized carbons (Fsp3) is 0.478. The standard InChI is InChI=1S/C23H30N4O3S/c1-18(20-9-10-20)27-22(14-15-24-27)25-23(28)13-8-19-6-11-21(12-7-19)31(29,30)26-16-4-2-3-5-17-26/h6-8,11-15,18,20H,2-5,9-10,16-17H2,1H3,(H,25,28)/b13-8+. The summed E-state index contributed by atoms with van der Waals surface area (Å²) in [7, 11) is -3.46. The molecule has 1 aliphatic heterocycles. The lowest BCUT2D eigenvalue weighted by molar-refractivity contribution is -0.111. The highest BCUT2D eigenvalue weighted by Crippen LogP contribution is 2.40. The third-order valence-corrected chi connectivity index (χ3v) is 8.03. The maximum Gasteiger partial charge on any atom is 0.249 e. The number of carbonyl (C=O) groups excluding carboxylic acids is 1. The van der Waals surface area contributed by atoms with Crippen molar-refractivity contribution in [3.05, 3.63) is 48.2 Å². The number of nitrogens with one attached hydrogen (secondary N) is 1. The van der Waals surface area contributed by atoms with Gasteiger partial charge in [-0.3, -0.25) is 4.79 Å². The molecule has 2 fully saturated rings. The Hall–Kier alpha value is -2.45. The third-order valence-electron chi connectivity index (χ3n) is 6.12. The number of hydrogen-bond acceptors (Lipinski definition) is 4. The van der Waals surface area contributed by atoms with Crippen LogP contribution in [0.5, 0.6) is 0 Å². The molecule has 0 radical (unpaired) electrons. The number of aromatic nitrogens is 2. The molecule has 1 aromatic carbocycles. The quantitative estimate of drug-likeness (QED) is 0.655. The van der Waals surface area contributed by atoms with Crippen molar-refractivity contribution in [1.82, 2.24) is 14.1 Å². The molecule has 0 bridgehead atoms. The molecular formula is C23H30N4O3S. The van der Waals surface area contributed by atoms with E-state index in [9.17, 15) is 13.2 Å². The average Bonchev–Trinajstić information content (AvgIpc) is 3.56. The molecule has 1 amide bonds. The van der Waals surface area contributed by atoms with E-state index in [2.05, 4.69) is 17.3 Å². The maximum absolute atomic E-state index is 12.9. The van der Waals surface area contributed by atoms with Crippen LogP contribution in [0.1, 0.15) is 57.1 Å². The van der Waals surface area contributed by atoms with Gasteiger partial charge < -0.3 is 5.32 Å². The Bertz CT molecular complexity index is 1030. The molecular weight excluding hydrogens is 412 g/mol. The van der Waals surface area contributed by atoms with Crippen LogP contribution in [0.25, 0.3) is 6.08 Å². The van der Waals surface area contributed by atoms with Gasteiger partial charge in [0.15, 0.2) is 0 Å². The molecule has 1 aromatic heterocycles. The first-order chi connectivity index (χ1) is 14.9. The molecule has 1 aliphatic carbocycles. The highest BCUT2D eigenvalue weighted by Gasteiger charge is 2.30. The first-order valence-corrected chi connectivity index (χ1v) is 12.5. The van der Waals surface area contributed by atoms with Gasteiger partial charge in [0.1, 0.15) is 5.82 Å². The van der Waals surface area contributed by atoms with Gasteiger partial charge in [-0.05, 0) is 62.3 Å². The first kappa shape index (κ1) is 21.8. The Morgan fingerprint density at radius 1 is 1.10 bits per heavy atom. The molecule has 1 N–H and O–H groups in total. The topological polar surface area (TPSA) is 84.3 Å². The SMILES string of the molecule is CC(C1CC1)n1nccc1NC(=O)/C=C/c1ccc(S(=O)(=O)N2CCCCCC2)cc1. The number of rotatable bonds is 7. The lowest BCUT2D eigenvalue weighted by Crippen LogP contribution is -2.31. The van der Waals surface area contributed by atoms with Gasteiger partial charge in [0.05, 0.1) is 17.1 Å². The molecule has 166 valence electrons. The highest BCUT2D eigenvalue weighted by atomic mass is 32.2. The fourth-order valence-corrected chi connectivity index (χ4v) is 5.56. The Kier molecular flexibility index (Phi) is 6.57. The normalized spacial score (nSPS) is 19.3. The average molecular weight is 443 g/mol. The van der Waals surface area contributed by atoms with Crippen molar-refractivity contribution in [1.29, 1.82) is 0 Å². The Labute approximate surface area is 184 Å². The van der Waals surface area contributed by atoms with Crippen LogP contribution >= 0.6 is 0 Å². The van der Waals surface area contributed by atoms with E-state index in [-0.39, 0.29) is 11.9 Å². The van der Waals surface area contributed by atoms with E-state index in [0.29, 0.717) is 29.7 Å². The van der Waals surface area contributed by atoms with E-state index in [1.807, 2.05) is 4.68 Å². The molecule has 1 saturated heterocycles. The van der Waals surface area contributed by atoms with Gasteiger partial charge in [-0.2, -0.15) is 9.40 Å². The van der Waals surface area contributed by atoms with Crippen molar-refractivity contribution < 1.29 is 13.2 Å². The van der Waals surface area contributed by atoms with Gasteiger partial charge in [0.2, 0.25) is 15.9 Å². The van der Waals surface area contributed by atoms with Crippen molar-refractivity contribution >= 4 is 27.8 Å². The summed E-state index contributed by atoms with van der Waals surface area (Å²) in [4.78, 5) is 12.7. The van der Waals surface area contributed by atoms with Crippen molar-refractivity contribution in [3.8, 4) is 0 Å². The van der Waals surface area contributed by atoms with E-state index in [1.165, 1.54) is 18.9 Å². The minimum absolute atomic E-state index is 0.244. The van der Waals surface area contributed by atoms with E-state index in [4.69, 9.17) is 0 Å². The monoisotopic (exact) mass is 442 g/mol. The van der Waals surface area contributed by atoms with Crippen LogP contribution < -0.4 is 5.32 Å². The molecule has 4 rings (SSSR count). The molecule has 8 heteroatoms. The van der Waals surface area contributed by atoms with Gasteiger partial charge >= 0.3 is 0 Å². The first-order valence-electron chi connectivity index (χ1n) is 11.1. The molecule has 2 heterocycles. The van der Waals surface area contributed by atoms with Crippen LogP contribution in [0.2, 0.25) is 0 Å². The van der Waals surface area contributed by atoms with E-state index in [1.54, 1.807) is 46.9 Å². The fourth-order valence-electron chi connectivity index (χ4n) is 4.04. The largest absolute Gasteiger partial charge is 0.307 e. The summed E-state index contributed by atoms with van der Waals surface area (Å²) in [6.07, 6.45) is 11.2. The Morgan fingerprint density at radius 3 is 2.42 bits per heavy atom. The number of sulfonamides is 1. The second-order valence-electron chi connectivity index (χ2n) is 8.45. The molecule has 31 heavy (non-hydrogen) atoms. The maximum atomic E-state index is 12.9. The number of carbonyl (C=O) groups is 1. The number of nitrogens with zero attached hydrogens (tertiary/aromatic N) is 3. The second-order valence-corrected chi connectivity index (χ2v) is 10.4. The molecule has 2 aromatic rings. The lowest BCUT2D eigenvalue weighted by atomic mass is 10.2. The van der Waals surface area contributed by atoms with Gasteiger partial charge in [-0.15, -0.1) is 0 Å². The van der Waals surface area contributed by atoms with Crippen LogP contribution in [-0.4, -0.2) is 41.5 Å². The van der Waals surface area contributed by atoms with Gasteiger partial charge in [0.25, 0.3) is 0 Å². The molecule has 1 unspecified atom stereocenters. The number of amides is 1. The summed E-state index contributed by atoms with van der Waals surface area (Å²) in [6, 6.07) is 8.76. The predicted octanol–water partition coefficient (Wildman–Crippen LogP) is 4.07. The minimum Gasteiger partial charge on any atom is -0.307 e. The predicted molar refractivity (Wildman–Crippen MR) is 121 cm³/mol. The van der Waals surface area contributed by atoms with Crippen molar-refractivity contribution in [2.24, 2.45) is 5.92 Å². The summed E-state index contributed by atoms with van der Waals surface area (Å²) in [6.45, 7) is 3.29. The van der Waals surface area contributed by atoms with Gasteiger partial charge in [-0.25, -0.2) is 13.1 Å². The van der Waals surface area contributed by atoms with Gasteiger partial charge in [0, 0.05) is 25.2 Å². The number of anilines is 1. The zero-order valence-corrected chi connectivity index (χ0v) is 18.7. The Balaban J connectivity index is 1.38. The summed E-state index contributed by atoms with van der Waals surface area (Å²) in [5, 5.41) is 7.22. The molecule has 1 saturated carbocycles. The number of hydrogen-bond donors (Lipinski definition) is 1. The van der Waals surface area contributed by atoms with Crippen LogP contribution in [0.4, 0.5) is 5.82 Å². The van der Waals surface area contributed by atoms with E-state index < -0.39 is 10.0 Å². The van der Waals surface area contributed by atoms with Gasteiger partial charge in [-0.1, -0.05) is 25.0 Å². The Morgan fingerprint density at radius 2 is 1.77 bits per heavy atom. The summed E-state index contributed by atoms with van der Waals surface area (Å²) < 4.78 is 29.2. The minimum atomic E-state index is -3.46. The molecule has 0 spiro atoms. The van der Waals surface area contributed by atoms with Crippen molar-refractivity contribution in [2.75, 3.05) is 18.4 Å². The smallest absolute Gasteiger partial charge is 0.249 e. The number of benzene rings is 1. The summed E-state index contributed by atoms with van der Waals surface area (Å²) in [5.74, 6) is 1.08. The lowest BCUT2D eigenvalue weighted by Gasteiger charge is -2.19. The summed E-state index contributed by atoms with van der Waals surface area (Å²) >= 11 is 0. The van der Waals surface area contributed by atoms with E-state index >= 15 is 0 Å². The van der Waals surface area contributed by atoms with Crippen molar-refractivity contribution in [2.45, 2.75) is 56.4 Å². The van der Waals surface area contributed by atoms with Crippen molar-refractivity contribution in [3.63, 3.8) is 0 Å².